The van der Waals surface area contributed by atoms with E-state index in [4.69, 9.17) is 0 Å². The van der Waals surface area contributed by atoms with Crippen LogP contribution in [-0.2, 0) is 19.5 Å². The summed E-state index contributed by atoms with van der Waals surface area (Å²) in [6, 6.07) is 12.5. The van der Waals surface area contributed by atoms with Crippen LogP contribution < -0.4 is 0 Å². The van der Waals surface area contributed by atoms with E-state index < -0.39 is 0 Å². The second-order valence-corrected chi connectivity index (χ2v) is 1.08. The van der Waals surface area contributed by atoms with Crippen molar-refractivity contribution in [3.8, 4) is 0 Å². The van der Waals surface area contributed by atoms with Crippen molar-refractivity contribution in [1.82, 2.24) is 0 Å². The molecule has 1 aromatic carbocycles. The van der Waals surface area contributed by atoms with Gasteiger partial charge in [-0.25, -0.2) is 0 Å². The molecule has 0 fully saturated rings. The van der Waals surface area contributed by atoms with Gasteiger partial charge >= 0.3 is 19.5 Å². The molecule has 52 valence electrons. The Kier molecular flexibility index (Phi) is 27.0. The molecule has 0 saturated carbocycles. The summed E-state index contributed by atoms with van der Waals surface area (Å²) in [7, 11) is 0. The minimum Gasteiger partial charge on any atom is -0.346 e. The van der Waals surface area contributed by atoms with Crippen molar-refractivity contribution in [3.05, 3.63) is 43.3 Å². The Labute approximate surface area is 86.6 Å². The number of hydrogen-bond donors (Lipinski definition) is 0. The van der Waals surface area contributed by atoms with Crippen LogP contribution in [0.3, 0.4) is 0 Å². The summed E-state index contributed by atoms with van der Waals surface area (Å²) >= 11 is 0. The summed E-state index contributed by atoms with van der Waals surface area (Å²) in [6.07, 6.45) is 0. The monoisotopic (exact) mass is 250 g/mol. The van der Waals surface area contributed by atoms with Crippen LogP contribution >= 0.6 is 17.0 Å². The Morgan fingerprint density at radius 1 is 1.00 bits per heavy atom. The van der Waals surface area contributed by atoms with Gasteiger partial charge in [-0.1, -0.05) is 0 Å². The first-order valence-electron chi connectivity index (χ1n) is 2.62. The van der Waals surface area contributed by atoms with Crippen molar-refractivity contribution in [2.75, 3.05) is 0 Å². The van der Waals surface area contributed by atoms with Gasteiger partial charge in [0.1, 0.15) is 0 Å². The minimum absolute atomic E-state index is 0. The van der Waals surface area contributed by atoms with E-state index in [2.05, 4.69) is 13.0 Å². The largest absolute Gasteiger partial charge is 2.00 e. The predicted octanol–water partition coefficient (Wildman–Crippen LogP) is 2.90. The molecule has 0 aliphatic carbocycles. The zero-order chi connectivity index (χ0) is 6.24. The molecule has 0 radical (unpaired) electrons. The standard InChI is InChI=1S/C6H5.C2H5.BrH.Zn/c1-2-4-6-5-3-1;1-2;;/h1-5H;1H2,2H3;1H;/q2*-1;;+2. The first kappa shape index (κ1) is 16.7. The summed E-state index contributed by atoms with van der Waals surface area (Å²) in [6.45, 7) is 5.00. The third-order valence-electron chi connectivity index (χ3n) is 0.607. The molecule has 0 aliphatic rings. The minimum atomic E-state index is 0. The molecule has 1 rings (SSSR count). The van der Waals surface area contributed by atoms with Gasteiger partial charge < -0.3 is 6.92 Å². The first-order valence-corrected chi connectivity index (χ1v) is 2.62. The summed E-state index contributed by atoms with van der Waals surface area (Å²) in [5, 5.41) is 0. The molecule has 1 aromatic rings. The third kappa shape index (κ3) is 11.2. The normalized spacial score (nSPS) is 5.40. The van der Waals surface area contributed by atoms with Gasteiger partial charge in [-0.15, -0.1) is 17.0 Å². The van der Waals surface area contributed by atoms with Gasteiger partial charge in [0.2, 0.25) is 0 Å². The number of hydrogen-bond acceptors (Lipinski definition) is 0. The maximum absolute atomic E-state index is 3.25. The molecular weight excluding hydrogens is 241 g/mol. The van der Waals surface area contributed by atoms with Gasteiger partial charge in [-0.2, -0.15) is 43.3 Å². The second kappa shape index (κ2) is 16.2. The Bertz CT molecular complexity index is 81.2. The van der Waals surface area contributed by atoms with Crippen LogP contribution in [0.25, 0.3) is 0 Å². The fourth-order valence-electron chi connectivity index (χ4n) is 0.342. The van der Waals surface area contributed by atoms with Crippen molar-refractivity contribution >= 4 is 17.0 Å². The maximum atomic E-state index is 3.25. The van der Waals surface area contributed by atoms with Crippen LogP contribution in [0.4, 0.5) is 0 Å². The van der Waals surface area contributed by atoms with Gasteiger partial charge in [-0.3, -0.25) is 0 Å². The number of benzene rings is 1. The SMILES string of the molecule is Br.[CH2-]C.[Zn+2].[c-]1ccccc1. The summed E-state index contributed by atoms with van der Waals surface area (Å²) in [4.78, 5) is 0. The summed E-state index contributed by atoms with van der Waals surface area (Å²) in [5.74, 6) is 0. The molecule has 0 bridgehead atoms. The molecule has 0 heterocycles. The van der Waals surface area contributed by atoms with Crippen LogP contribution in [0.5, 0.6) is 0 Å². The van der Waals surface area contributed by atoms with Crippen molar-refractivity contribution < 1.29 is 19.5 Å². The van der Waals surface area contributed by atoms with Crippen LogP contribution in [0.1, 0.15) is 6.92 Å². The Balaban J connectivity index is -0.000000114. The average molecular weight is 252 g/mol. The van der Waals surface area contributed by atoms with E-state index in [0.717, 1.165) is 0 Å². The molecule has 0 saturated heterocycles. The van der Waals surface area contributed by atoms with Crippen molar-refractivity contribution in [2.24, 2.45) is 0 Å². The van der Waals surface area contributed by atoms with E-state index in [0.29, 0.717) is 0 Å². The molecule has 0 aromatic heterocycles. The second-order valence-electron chi connectivity index (χ2n) is 1.08. The first-order chi connectivity index (χ1) is 4.00. The van der Waals surface area contributed by atoms with E-state index in [1.807, 2.05) is 30.3 Å². The van der Waals surface area contributed by atoms with Crippen molar-refractivity contribution in [3.63, 3.8) is 0 Å². The third-order valence-corrected chi connectivity index (χ3v) is 0.607. The number of rotatable bonds is 0. The van der Waals surface area contributed by atoms with Crippen molar-refractivity contribution in [2.45, 2.75) is 6.92 Å². The molecule has 2 heteroatoms. The molecule has 0 aliphatic heterocycles. The van der Waals surface area contributed by atoms with Gasteiger partial charge in [0.15, 0.2) is 0 Å². The Hall–Kier alpha value is 0.323. The zero-order valence-corrected chi connectivity index (χ0v) is 10.9. The van der Waals surface area contributed by atoms with Gasteiger partial charge in [0, 0.05) is 0 Å². The molecule has 0 atom stereocenters. The summed E-state index contributed by atoms with van der Waals surface area (Å²) in [5.41, 5.74) is 0. The van der Waals surface area contributed by atoms with Crippen molar-refractivity contribution in [1.29, 1.82) is 0 Å². The van der Waals surface area contributed by atoms with Crippen LogP contribution in [0, 0.1) is 13.0 Å². The van der Waals surface area contributed by atoms with Gasteiger partial charge in [0.05, 0.1) is 0 Å². The maximum Gasteiger partial charge on any atom is 2.00 e. The van der Waals surface area contributed by atoms with E-state index >= 15 is 0 Å². The molecule has 0 N–H and O–H groups in total. The van der Waals surface area contributed by atoms with Gasteiger partial charge in [-0.05, 0) is 0 Å². The predicted molar refractivity (Wildman–Crippen MR) is 46.6 cm³/mol. The summed E-state index contributed by atoms with van der Waals surface area (Å²) < 4.78 is 0. The van der Waals surface area contributed by atoms with Crippen LogP contribution in [-0.4, -0.2) is 0 Å². The van der Waals surface area contributed by atoms with E-state index in [-0.39, 0.29) is 36.5 Å². The van der Waals surface area contributed by atoms with E-state index in [1.54, 1.807) is 6.92 Å². The van der Waals surface area contributed by atoms with E-state index in [1.165, 1.54) is 0 Å². The zero-order valence-electron chi connectivity index (χ0n) is 6.21. The molecule has 0 amide bonds. The Morgan fingerprint density at radius 3 is 1.50 bits per heavy atom. The molecule has 10 heavy (non-hydrogen) atoms. The smallest absolute Gasteiger partial charge is 0.346 e. The fraction of sp³-hybridized carbons (Fsp3) is 0.125. The topological polar surface area (TPSA) is 0 Å². The average Bonchev–Trinajstić information content (AvgIpc) is 1.96. The Morgan fingerprint density at radius 2 is 1.40 bits per heavy atom. The quantitative estimate of drug-likeness (QED) is 0.492. The number of halogens is 1. The molecular formula is C8H11BrZn. The molecule has 0 spiro atoms. The van der Waals surface area contributed by atoms with Gasteiger partial charge in [0.25, 0.3) is 0 Å². The van der Waals surface area contributed by atoms with Crippen LogP contribution in [0.2, 0.25) is 0 Å². The van der Waals surface area contributed by atoms with Crippen LogP contribution in [0.15, 0.2) is 30.3 Å². The molecule has 0 nitrogen and oxygen atoms in total. The van der Waals surface area contributed by atoms with E-state index in [9.17, 15) is 0 Å². The fourth-order valence-corrected chi connectivity index (χ4v) is 0.342. The molecule has 0 unspecified atom stereocenters.